The lowest BCUT2D eigenvalue weighted by Gasteiger charge is -2.37. The van der Waals surface area contributed by atoms with E-state index >= 15 is 0 Å². The van der Waals surface area contributed by atoms with Crippen LogP contribution in [0.2, 0.25) is 0 Å². The summed E-state index contributed by atoms with van der Waals surface area (Å²) in [6.07, 6.45) is 0. The standard InChI is InChI=1S/C26H26FN5O2S/c1-3-34-25(33)18-5-8-20(9-6-18)31-11-13-32(14-12-31)24-23-21(10-15-35-23)28-26(30-24)29-22-16-19(27)7-4-17(22)2/h4-10,15-16H,3,11-14H2,1-2H3,(H,28,29,30). The number of carbonyl (C=O) groups is 1. The van der Waals surface area contributed by atoms with Crippen LogP contribution in [-0.2, 0) is 4.74 Å². The van der Waals surface area contributed by atoms with Gasteiger partial charge in [0.2, 0.25) is 5.95 Å². The van der Waals surface area contributed by atoms with E-state index in [-0.39, 0.29) is 11.8 Å². The number of thiophene rings is 1. The third-order valence-electron chi connectivity index (χ3n) is 6.05. The van der Waals surface area contributed by atoms with Crippen LogP contribution >= 0.6 is 11.3 Å². The van der Waals surface area contributed by atoms with Crippen LogP contribution < -0.4 is 15.1 Å². The predicted molar refractivity (Wildman–Crippen MR) is 139 cm³/mol. The Kier molecular flexibility index (Phi) is 6.50. The van der Waals surface area contributed by atoms with Crippen LogP contribution in [0, 0.1) is 12.7 Å². The molecule has 5 rings (SSSR count). The van der Waals surface area contributed by atoms with Crippen LogP contribution in [0.1, 0.15) is 22.8 Å². The zero-order valence-corrected chi connectivity index (χ0v) is 20.4. The van der Waals surface area contributed by atoms with Crippen LogP contribution in [0.25, 0.3) is 10.2 Å². The quantitative estimate of drug-likeness (QED) is 0.363. The van der Waals surface area contributed by atoms with E-state index in [1.165, 1.54) is 12.1 Å². The van der Waals surface area contributed by atoms with E-state index in [0.717, 1.165) is 53.5 Å². The van der Waals surface area contributed by atoms with Crippen LogP contribution in [0.4, 0.5) is 27.5 Å². The molecule has 35 heavy (non-hydrogen) atoms. The van der Waals surface area contributed by atoms with E-state index in [1.54, 1.807) is 24.3 Å². The Morgan fingerprint density at radius 1 is 1.06 bits per heavy atom. The number of ether oxygens (including phenoxy) is 1. The molecular weight excluding hydrogens is 465 g/mol. The highest BCUT2D eigenvalue weighted by Gasteiger charge is 2.22. The zero-order chi connectivity index (χ0) is 24.4. The molecular formula is C26H26FN5O2S. The molecule has 0 spiro atoms. The van der Waals surface area contributed by atoms with Crippen molar-refractivity contribution in [3.8, 4) is 0 Å². The molecule has 0 bridgehead atoms. The third-order valence-corrected chi connectivity index (χ3v) is 6.95. The van der Waals surface area contributed by atoms with E-state index in [2.05, 4.69) is 20.1 Å². The molecule has 0 atom stereocenters. The molecule has 0 radical (unpaired) electrons. The van der Waals surface area contributed by atoms with Gasteiger partial charge in [-0.3, -0.25) is 0 Å². The molecule has 0 unspecified atom stereocenters. The molecule has 0 aliphatic carbocycles. The fourth-order valence-electron chi connectivity index (χ4n) is 4.17. The molecule has 7 nitrogen and oxygen atoms in total. The first-order valence-corrected chi connectivity index (χ1v) is 12.5. The summed E-state index contributed by atoms with van der Waals surface area (Å²) < 4.78 is 19.9. The first-order chi connectivity index (χ1) is 17.0. The smallest absolute Gasteiger partial charge is 0.338 e. The van der Waals surface area contributed by atoms with Crippen LogP contribution in [0.5, 0.6) is 0 Å². The molecule has 1 saturated heterocycles. The molecule has 0 amide bonds. The Balaban J connectivity index is 1.33. The van der Waals surface area contributed by atoms with Gasteiger partial charge in [-0.2, -0.15) is 4.98 Å². The SMILES string of the molecule is CCOC(=O)c1ccc(N2CCN(c3nc(Nc4cc(F)ccc4C)nc4ccsc34)CC2)cc1. The van der Waals surface area contributed by atoms with Crippen LogP contribution in [0.15, 0.2) is 53.9 Å². The number of rotatable bonds is 6. The van der Waals surface area contributed by atoms with Gasteiger partial charge in [0.25, 0.3) is 0 Å². The minimum absolute atomic E-state index is 0.301. The summed E-state index contributed by atoms with van der Waals surface area (Å²) in [5.41, 5.74) is 4.08. The Morgan fingerprint density at radius 3 is 2.54 bits per heavy atom. The fraction of sp³-hybridized carbons (Fsp3) is 0.269. The van der Waals surface area contributed by atoms with Gasteiger partial charge in [-0.1, -0.05) is 6.07 Å². The second-order valence-electron chi connectivity index (χ2n) is 8.33. The van der Waals surface area contributed by atoms with E-state index in [9.17, 15) is 9.18 Å². The Hall–Kier alpha value is -3.72. The van der Waals surface area contributed by atoms with Gasteiger partial charge in [0.15, 0.2) is 5.82 Å². The number of aryl methyl sites for hydroxylation is 1. The van der Waals surface area contributed by atoms with Crippen molar-refractivity contribution in [3.05, 3.63) is 70.9 Å². The van der Waals surface area contributed by atoms with E-state index in [4.69, 9.17) is 9.72 Å². The van der Waals surface area contributed by atoms with Crippen molar-refractivity contribution in [2.45, 2.75) is 13.8 Å². The molecule has 1 aliphatic rings. The van der Waals surface area contributed by atoms with E-state index in [1.807, 2.05) is 42.6 Å². The maximum atomic E-state index is 13.8. The highest BCUT2D eigenvalue weighted by Crippen LogP contribution is 2.32. The van der Waals surface area contributed by atoms with Crippen molar-refractivity contribution in [2.75, 3.05) is 47.9 Å². The minimum atomic E-state index is -0.304. The number of esters is 1. The first kappa shape index (κ1) is 23.0. The molecule has 1 N–H and O–H groups in total. The fourth-order valence-corrected chi connectivity index (χ4v) is 5.01. The minimum Gasteiger partial charge on any atom is -0.462 e. The maximum absolute atomic E-state index is 13.8. The number of nitrogens with one attached hydrogen (secondary N) is 1. The number of fused-ring (bicyclic) bond motifs is 1. The molecule has 1 aliphatic heterocycles. The van der Waals surface area contributed by atoms with Crippen molar-refractivity contribution < 1.29 is 13.9 Å². The van der Waals surface area contributed by atoms with Crippen molar-refractivity contribution in [1.29, 1.82) is 0 Å². The number of halogens is 1. The molecule has 9 heteroatoms. The summed E-state index contributed by atoms with van der Waals surface area (Å²) in [7, 11) is 0. The lowest BCUT2D eigenvalue weighted by Crippen LogP contribution is -2.47. The summed E-state index contributed by atoms with van der Waals surface area (Å²) in [4.78, 5) is 26.0. The van der Waals surface area contributed by atoms with Crippen molar-refractivity contribution in [3.63, 3.8) is 0 Å². The largest absolute Gasteiger partial charge is 0.462 e. The zero-order valence-electron chi connectivity index (χ0n) is 19.6. The average Bonchev–Trinajstić information content (AvgIpc) is 3.35. The van der Waals surface area contributed by atoms with E-state index in [0.29, 0.717) is 23.8 Å². The highest BCUT2D eigenvalue weighted by molar-refractivity contribution is 7.17. The van der Waals surface area contributed by atoms with Gasteiger partial charge in [0, 0.05) is 37.6 Å². The Bertz CT molecular complexity index is 1350. The highest BCUT2D eigenvalue weighted by atomic mass is 32.1. The second kappa shape index (κ2) is 9.87. The molecule has 0 saturated carbocycles. The molecule has 2 aromatic carbocycles. The van der Waals surface area contributed by atoms with Gasteiger partial charge in [-0.15, -0.1) is 11.3 Å². The lowest BCUT2D eigenvalue weighted by atomic mass is 10.2. The molecule has 4 aromatic rings. The van der Waals surface area contributed by atoms with Crippen molar-refractivity contribution in [1.82, 2.24) is 9.97 Å². The molecule has 2 aromatic heterocycles. The number of anilines is 4. The molecule has 1 fully saturated rings. The number of hydrogen-bond donors (Lipinski definition) is 1. The molecule has 3 heterocycles. The summed E-state index contributed by atoms with van der Waals surface area (Å²) in [6, 6.07) is 14.2. The Labute approximate surface area is 207 Å². The van der Waals surface area contributed by atoms with Gasteiger partial charge >= 0.3 is 5.97 Å². The number of carbonyl (C=O) groups excluding carboxylic acids is 1. The number of benzene rings is 2. The summed E-state index contributed by atoms with van der Waals surface area (Å²) in [6.45, 7) is 7.31. The van der Waals surface area contributed by atoms with Gasteiger partial charge < -0.3 is 19.9 Å². The number of piperazine rings is 1. The van der Waals surface area contributed by atoms with Crippen LogP contribution in [-0.4, -0.2) is 48.7 Å². The normalized spacial score (nSPS) is 13.8. The van der Waals surface area contributed by atoms with Gasteiger partial charge in [-0.25, -0.2) is 14.2 Å². The van der Waals surface area contributed by atoms with Crippen molar-refractivity contribution >= 4 is 50.7 Å². The number of hydrogen-bond acceptors (Lipinski definition) is 8. The third kappa shape index (κ3) is 4.90. The van der Waals surface area contributed by atoms with Gasteiger partial charge in [0.1, 0.15) is 5.82 Å². The molecule has 180 valence electrons. The second-order valence-corrected chi connectivity index (χ2v) is 9.25. The summed E-state index contributed by atoms with van der Waals surface area (Å²) in [5, 5.41) is 5.22. The Morgan fingerprint density at radius 2 is 1.80 bits per heavy atom. The monoisotopic (exact) mass is 491 g/mol. The van der Waals surface area contributed by atoms with Crippen LogP contribution in [0.3, 0.4) is 0 Å². The topological polar surface area (TPSA) is 70.6 Å². The average molecular weight is 492 g/mol. The lowest BCUT2D eigenvalue weighted by molar-refractivity contribution is 0.0526. The first-order valence-electron chi connectivity index (χ1n) is 11.6. The van der Waals surface area contributed by atoms with Gasteiger partial charge in [-0.05, 0) is 67.3 Å². The predicted octanol–water partition coefficient (Wildman–Crippen LogP) is 5.39. The van der Waals surface area contributed by atoms with Gasteiger partial charge in [0.05, 0.1) is 22.4 Å². The summed E-state index contributed by atoms with van der Waals surface area (Å²) in [5.74, 6) is 0.738. The maximum Gasteiger partial charge on any atom is 0.338 e. The van der Waals surface area contributed by atoms with Crippen molar-refractivity contribution in [2.24, 2.45) is 0 Å². The summed E-state index contributed by atoms with van der Waals surface area (Å²) >= 11 is 1.62. The number of nitrogens with zero attached hydrogens (tertiary/aromatic N) is 4. The van der Waals surface area contributed by atoms with E-state index < -0.39 is 0 Å². The number of aromatic nitrogens is 2.